The lowest BCUT2D eigenvalue weighted by Gasteiger charge is -2.06. The fraction of sp³-hybridized carbons (Fsp3) is 0.200. The van der Waals surface area contributed by atoms with Crippen LogP contribution in [0, 0.1) is 5.82 Å². The van der Waals surface area contributed by atoms with Gasteiger partial charge in [0, 0.05) is 6.42 Å². The predicted molar refractivity (Wildman–Crippen MR) is 109 cm³/mol. The summed E-state index contributed by atoms with van der Waals surface area (Å²) in [6.07, 6.45) is 0.327. The largest absolute Gasteiger partial charge is 0.494 e. The summed E-state index contributed by atoms with van der Waals surface area (Å²) < 4.78 is 18.9. The van der Waals surface area contributed by atoms with E-state index in [-0.39, 0.29) is 27.8 Å². The first-order valence-corrected chi connectivity index (χ1v) is 9.88. The molecule has 150 valence electrons. The standard InChI is InChI=1S/C20H19FN4O3S/c1-2-28-14-9-7-13(8-10-14)11-17-19(27)23-20(25-24-17)29-12-18(26)22-16-6-4-3-5-15(16)21/h3-10H,2,11-12H2,1H3,(H,22,26)(H,23,25,27). The number of hydrogen-bond donors (Lipinski definition) is 2. The molecule has 3 aromatic rings. The number of aromatic amines is 1. The number of nitrogens with zero attached hydrogens (tertiary/aromatic N) is 2. The van der Waals surface area contributed by atoms with Crippen LogP contribution in [0.4, 0.5) is 10.1 Å². The van der Waals surface area contributed by atoms with Crippen LogP contribution in [0.3, 0.4) is 0 Å². The molecule has 0 aliphatic heterocycles. The number of hydrogen-bond acceptors (Lipinski definition) is 6. The maximum Gasteiger partial charge on any atom is 0.273 e. The second-order valence-corrected chi connectivity index (χ2v) is 6.94. The van der Waals surface area contributed by atoms with E-state index in [4.69, 9.17) is 4.74 Å². The van der Waals surface area contributed by atoms with E-state index in [0.717, 1.165) is 23.1 Å². The molecule has 0 bridgehead atoms. The van der Waals surface area contributed by atoms with Gasteiger partial charge in [0.05, 0.1) is 18.0 Å². The first-order chi connectivity index (χ1) is 14.0. The van der Waals surface area contributed by atoms with Crippen molar-refractivity contribution in [3.8, 4) is 5.75 Å². The Morgan fingerprint density at radius 2 is 1.93 bits per heavy atom. The van der Waals surface area contributed by atoms with Crippen LogP contribution < -0.4 is 15.6 Å². The highest BCUT2D eigenvalue weighted by molar-refractivity contribution is 7.99. The van der Waals surface area contributed by atoms with Crippen LogP contribution in [0.2, 0.25) is 0 Å². The molecule has 0 saturated heterocycles. The van der Waals surface area contributed by atoms with Gasteiger partial charge < -0.3 is 10.1 Å². The maximum absolute atomic E-state index is 13.6. The van der Waals surface area contributed by atoms with Crippen molar-refractivity contribution < 1.29 is 13.9 Å². The molecule has 0 atom stereocenters. The van der Waals surface area contributed by atoms with E-state index in [1.54, 1.807) is 6.07 Å². The number of carbonyl (C=O) groups is 1. The van der Waals surface area contributed by atoms with Crippen LogP contribution >= 0.6 is 11.8 Å². The van der Waals surface area contributed by atoms with E-state index in [2.05, 4.69) is 20.5 Å². The van der Waals surface area contributed by atoms with Gasteiger partial charge in [0.2, 0.25) is 5.91 Å². The fourth-order valence-electron chi connectivity index (χ4n) is 2.47. The van der Waals surface area contributed by atoms with Crippen LogP contribution in [0.1, 0.15) is 18.2 Å². The number of nitrogens with one attached hydrogen (secondary N) is 2. The van der Waals surface area contributed by atoms with Crippen molar-refractivity contribution in [2.75, 3.05) is 17.7 Å². The zero-order valence-corrected chi connectivity index (χ0v) is 16.5. The second kappa shape index (κ2) is 9.83. The first-order valence-electron chi connectivity index (χ1n) is 8.90. The van der Waals surface area contributed by atoms with Crippen molar-refractivity contribution in [3.05, 3.63) is 76.0 Å². The molecular formula is C20H19FN4O3S. The Balaban J connectivity index is 1.57. The van der Waals surface area contributed by atoms with Crippen LogP contribution in [0.5, 0.6) is 5.75 Å². The van der Waals surface area contributed by atoms with E-state index in [1.165, 1.54) is 18.2 Å². The number of ether oxygens (including phenoxy) is 1. The minimum absolute atomic E-state index is 0.0445. The van der Waals surface area contributed by atoms with Gasteiger partial charge in [0.1, 0.15) is 17.3 Å². The van der Waals surface area contributed by atoms with Crippen molar-refractivity contribution in [1.82, 2.24) is 15.2 Å². The highest BCUT2D eigenvalue weighted by Crippen LogP contribution is 2.16. The van der Waals surface area contributed by atoms with E-state index in [9.17, 15) is 14.0 Å². The normalized spacial score (nSPS) is 10.6. The molecular weight excluding hydrogens is 395 g/mol. The molecule has 2 aromatic carbocycles. The van der Waals surface area contributed by atoms with Crippen LogP contribution in [0.15, 0.2) is 58.5 Å². The quantitative estimate of drug-likeness (QED) is 0.550. The molecule has 1 aromatic heterocycles. The van der Waals surface area contributed by atoms with Gasteiger partial charge in [-0.1, -0.05) is 36.0 Å². The third-order valence-corrected chi connectivity index (χ3v) is 4.70. The van der Waals surface area contributed by atoms with Gasteiger partial charge in [-0.3, -0.25) is 14.6 Å². The summed E-state index contributed by atoms with van der Waals surface area (Å²) in [5.41, 5.74) is 0.904. The second-order valence-electron chi connectivity index (χ2n) is 5.98. The Labute approximate surface area is 170 Å². The molecule has 0 unspecified atom stereocenters. The predicted octanol–water partition coefficient (Wildman–Crippen LogP) is 3.02. The number of benzene rings is 2. The highest BCUT2D eigenvalue weighted by atomic mass is 32.2. The average molecular weight is 414 g/mol. The summed E-state index contributed by atoms with van der Waals surface area (Å²) in [6, 6.07) is 13.3. The average Bonchev–Trinajstić information content (AvgIpc) is 2.71. The van der Waals surface area contributed by atoms with Gasteiger partial charge in [-0.25, -0.2) is 4.39 Å². The van der Waals surface area contributed by atoms with E-state index in [0.29, 0.717) is 13.0 Å². The number of aromatic nitrogens is 3. The van der Waals surface area contributed by atoms with Gasteiger partial charge in [-0.15, -0.1) is 10.2 Å². The van der Waals surface area contributed by atoms with Crippen molar-refractivity contribution in [2.45, 2.75) is 18.5 Å². The zero-order valence-electron chi connectivity index (χ0n) is 15.6. The number of rotatable bonds is 8. The van der Waals surface area contributed by atoms with Gasteiger partial charge in [-0.05, 0) is 36.8 Å². The van der Waals surface area contributed by atoms with E-state index in [1.807, 2.05) is 31.2 Å². The molecule has 0 spiro atoms. The lowest BCUT2D eigenvalue weighted by Crippen LogP contribution is -2.19. The lowest BCUT2D eigenvalue weighted by molar-refractivity contribution is -0.113. The van der Waals surface area contributed by atoms with Crippen molar-refractivity contribution in [3.63, 3.8) is 0 Å². The van der Waals surface area contributed by atoms with Crippen molar-refractivity contribution in [1.29, 1.82) is 0 Å². The topological polar surface area (TPSA) is 97.0 Å². The minimum Gasteiger partial charge on any atom is -0.494 e. The molecule has 0 aliphatic rings. The number of carbonyl (C=O) groups excluding carboxylic acids is 1. The number of halogens is 1. The van der Waals surface area contributed by atoms with E-state index < -0.39 is 11.7 Å². The molecule has 7 nitrogen and oxygen atoms in total. The summed E-state index contributed by atoms with van der Waals surface area (Å²) in [4.78, 5) is 26.8. The lowest BCUT2D eigenvalue weighted by atomic mass is 10.1. The van der Waals surface area contributed by atoms with Gasteiger partial charge in [0.15, 0.2) is 5.16 Å². The number of amides is 1. The van der Waals surface area contributed by atoms with E-state index >= 15 is 0 Å². The fourth-order valence-corrected chi connectivity index (χ4v) is 3.08. The monoisotopic (exact) mass is 414 g/mol. The highest BCUT2D eigenvalue weighted by Gasteiger charge is 2.10. The number of anilines is 1. The number of H-pyrrole nitrogens is 1. The molecule has 1 heterocycles. The molecule has 0 radical (unpaired) electrons. The van der Waals surface area contributed by atoms with Crippen molar-refractivity contribution >= 4 is 23.4 Å². The summed E-state index contributed by atoms with van der Waals surface area (Å²) in [5, 5.41) is 10.6. The maximum atomic E-state index is 13.6. The molecule has 1 amide bonds. The Hall–Kier alpha value is -3.20. The molecule has 3 rings (SSSR count). The smallest absolute Gasteiger partial charge is 0.273 e. The number of para-hydroxylation sites is 1. The van der Waals surface area contributed by atoms with Crippen molar-refractivity contribution in [2.24, 2.45) is 0 Å². The Bertz CT molecular complexity index is 1040. The molecule has 0 fully saturated rings. The summed E-state index contributed by atoms with van der Waals surface area (Å²) in [6.45, 7) is 2.49. The third-order valence-electron chi connectivity index (χ3n) is 3.84. The van der Waals surface area contributed by atoms with Crippen LogP contribution in [-0.2, 0) is 11.2 Å². The third kappa shape index (κ3) is 5.89. The van der Waals surface area contributed by atoms with Crippen LogP contribution in [0.25, 0.3) is 0 Å². The minimum atomic E-state index is -0.516. The molecule has 0 saturated carbocycles. The summed E-state index contributed by atoms with van der Waals surface area (Å²) in [5.74, 6) is -0.215. The number of thioether (sulfide) groups is 1. The van der Waals surface area contributed by atoms with Crippen LogP contribution in [-0.4, -0.2) is 33.4 Å². The Kier molecular flexibility index (Phi) is 6.96. The Morgan fingerprint density at radius 1 is 1.17 bits per heavy atom. The Morgan fingerprint density at radius 3 is 2.62 bits per heavy atom. The molecule has 29 heavy (non-hydrogen) atoms. The summed E-state index contributed by atoms with van der Waals surface area (Å²) in [7, 11) is 0. The first kappa shape index (κ1) is 20.5. The van der Waals surface area contributed by atoms with Gasteiger partial charge in [0.25, 0.3) is 5.56 Å². The molecule has 9 heteroatoms. The molecule has 0 aliphatic carbocycles. The summed E-state index contributed by atoms with van der Waals surface area (Å²) >= 11 is 1.01. The SMILES string of the molecule is CCOc1ccc(Cc2nnc(SCC(=O)Nc3ccccc3F)[nH]c2=O)cc1. The zero-order chi connectivity index (χ0) is 20.6. The molecule has 2 N–H and O–H groups in total. The van der Waals surface area contributed by atoms with Gasteiger partial charge >= 0.3 is 0 Å². The van der Waals surface area contributed by atoms with Gasteiger partial charge in [-0.2, -0.15) is 0 Å².